The van der Waals surface area contributed by atoms with E-state index in [-0.39, 0.29) is 29.5 Å². The lowest BCUT2D eigenvalue weighted by Crippen LogP contribution is -2.28. The molecule has 2 rings (SSSR count). The third-order valence-electron chi connectivity index (χ3n) is 3.62. The number of hydrogen-bond donors (Lipinski definition) is 5. The third kappa shape index (κ3) is 4.41. The highest BCUT2D eigenvalue weighted by Gasteiger charge is 2.25. The summed E-state index contributed by atoms with van der Waals surface area (Å²) < 4.78 is 20.0. The quantitative estimate of drug-likeness (QED) is 0.363. The lowest BCUT2D eigenvalue weighted by Gasteiger charge is -2.19. The molecule has 26 heavy (non-hydrogen) atoms. The lowest BCUT2D eigenvalue weighted by atomic mass is 10.0. The number of carbonyl (C=O) groups excluding carboxylic acids is 1. The van der Waals surface area contributed by atoms with Gasteiger partial charge in [-0.05, 0) is 36.8 Å². The van der Waals surface area contributed by atoms with Crippen LogP contribution in [-0.2, 0) is 4.79 Å². The maximum atomic E-state index is 14.7. The van der Waals surface area contributed by atoms with Crippen molar-refractivity contribution in [2.75, 3.05) is 11.9 Å². The topological polar surface area (TPSA) is 134 Å². The minimum absolute atomic E-state index is 0.0975. The Balaban J connectivity index is 2.36. The van der Waals surface area contributed by atoms with Crippen molar-refractivity contribution in [3.05, 3.63) is 53.3 Å². The van der Waals surface area contributed by atoms with Crippen LogP contribution in [0.4, 0.5) is 10.1 Å². The summed E-state index contributed by atoms with van der Waals surface area (Å²) >= 11 is 0. The Kier molecular flexibility index (Phi) is 6.00. The van der Waals surface area contributed by atoms with Crippen LogP contribution in [0.2, 0.25) is 0 Å². The zero-order valence-electron chi connectivity index (χ0n) is 14.3. The number of aromatic hydroxyl groups is 1. The maximum absolute atomic E-state index is 14.7. The molecule has 7 N–H and O–H groups in total. The van der Waals surface area contributed by atoms with Gasteiger partial charge in [-0.2, -0.15) is 0 Å². The Morgan fingerprint density at radius 3 is 2.50 bits per heavy atom. The van der Waals surface area contributed by atoms with Crippen LogP contribution in [0.25, 0.3) is 0 Å². The monoisotopic (exact) mass is 360 g/mol. The highest BCUT2D eigenvalue weighted by molar-refractivity contribution is 5.95. The van der Waals surface area contributed by atoms with Crippen molar-refractivity contribution in [3.8, 4) is 11.5 Å². The van der Waals surface area contributed by atoms with Crippen molar-refractivity contribution in [1.82, 2.24) is 0 Å². The lowest BCUT2D eigenvalue weighted by molar-refractivity contribution is -0.118. The number of nitrogen functional groups attached to an aromatic ring is 1. The molecule has 0 aliphatic heterocycles. The number of amides is 1. The van der Waals surface area contributed by atoms with Crippen LogP contribution >= 0.6 is 0 Å². The summed E-state index contributed by atoms with van der Waals surface area (Å²) in [5, 5.41) is 20.0. The standard InChI is InChI=1S/C18H21FN4O3/c1-2-7-26-14-9-12(24)8-13(15(14)19)16(18(22)25)23-11-5-3-10(4-6-11)17(20)21/h3-6,8-9,16,23-24H,2,7H2,1H3,(H3,20,21)(H2,22,25). The van der Waals surface area contributed by atoms with Crippen LogP contribution < -0.4 is 21.5 Å². The van der Waals surface area contributed by atoms with Gasteiger partial charge in [-0.15, -0.1) is 0 Å². The number of nitrogens with one attached hydrogen (secondary N) is 2. The highest BCUT2D eigenvalue weighted by Crippen LogP contribution is 2.32. The molecule has 0 aromatic heterocycles. The summed E-state index contributed by atoms with van der Waals surface area (Å²) in [5.74, 6) is -2.09. The zero-order chi connectivity index (χ0) is 19.3. The van der Waals surface area contributed by atoms with Crippen LogP contribution in [0, 0.1) is 11.2 Å². The van der Waals surface area contributed by atoms with E-state index in [2.05, 4.69) is 5.32 Å². The molecule has 0 saturated carbocycles. The van der Waals surface area contributed by atoms with Gasteiger partial charge in [-0.1, -0.05) is 6.92 Å². The first-order chi connectivity index (χ1) is 12.3. The second-order valence-corrected chi connectivity index (χ2v) is 5.67. The summed E-state index contributed by atoms with van der Waals surface area (Å²) in [7, 11) is 0. The van der Waals surface area contributed by atoms with Gasteiger partial charge in [0.25, 0.3) is 0 Å². The molecule has 8 heteroatoms. The van der Waals surface area contributed by atoms with Gasteiger partial charge in [0.1, 0.15) is 17.6 Å². The molecule has 0 heterocycles. The molecular weight excluding hydrogens is 339 g/mol. The molecule has 2 aromatic rings. The molecule has 7 nitrogen and oxygen atoms in total. The summed E-state index contributed by atoms with van der Waals surface area (Å²) in [4.78, 5) is 11.9. The fourth-order valence-electron chi connectivity index (χ4n) is 2.35. The first-order valence-corrected chi connectivity index (χ1v) is 7.99. The average molecular weight is 360 g/mol. The van der Waals surface area contributed by atoms with E-state index < -0.39 is 17.8 Å². The summed E-state index contributed by atoms with van der Waals surface area (Å²) in [6, 6.07) is 7.38. The average Bonchev–Trinajstić information content (AvgIpc) is 2.60. The Labute approximate surface area is 150 Å². The maximum Gasteiger partial charge on any atom is 0.244 e. The minimum atomic E-state index is -1.23. The van der Waals surface area contributed by atoms with E-state index in [1.165, 1.54) is 0 Å². The van der Waals surface area contributed by atoms with E-state index in [4.69, 9.17) is 21.6 Å². The van der Waals surface area contributed by atoms with Crippen molar-refractivity contribution in [3.63, 3.8) is 0 Å². The highest BCUT2D eigenvalue weighted by atomic mass is 19.1. The number of anilines is 1. The van der Waals surface area contributed by atoms with Crippen molar-refractivity contribution in [2.24, 2.45) is 11.5 Å². The molecule has 0 radical (unpaired) electrons. The zero-order valence-corrected chi connectivity index (χ0v) is 14.3. The number of halogens is 1. The van der Waals surface area contributed by atoms with Gasteiger partial charge in [0, 0.05) is 22.9 Å². The van der Waals surface area contributed by atoms with E-state index in [9.17, 15) is 14.3 Å². The molecule has 1 amide bonds. The Morgan fingerprint density at radius 1 is 1.31 bits per heavy atom. The van der Waals surface area contributed by atoms with Crippen molar-refractivity contribution >= 4 is 17.4 Å². The van der Waals surface area contributed by atoms with Crippen LogP contribution in [0.1, 0.15) is 30.5 Å². The number of ether oxygens (including phenoxy) is 1. The van der Waals surface area contributed by atoms with Gasteiger partial charge in [-0.25, -0.2) is 4.39 Å². The SMILES string of the molecule is CCCOc1cc(O)cc(C(Nc2ccc(C(=N)N)cc2)C(N)=O)c1F. The molecule has 1 atom stereocenters. The summed E-state index contributed by atoms with van der Waals surface area (Å²) in [6.45, 7) is 2.13. The number of carbonyl (C=O) groups is 1. The molecule has 0 saturated heterocycles. The van der Waals surface area contributed by atoms with E-state index >= 15 is 0 Å². The van der Waals surface area contributed by atoms with E-state index in [0.29, 0.717) is 17.7 Å². The van der Waals surface area contributed by atoms with Gasteiger partial charge < -0.3 is 26.6 Å². The summed E-state index contributed by atoms with van der Waals surface area (Å²) in [6.07, 6.45) is 0.657. The fourth-order valence-corrected chi connectivity index (χ4v) is 2.35. The number of phenols is 1. The minimum Gasteiger partial charge on any atom is -0.508 e. The molecule has 0 fully saturated rings. The number of benzene rings is 2. The van der Waals surface area contributed by atoms with Gasteiger partial charge in [0.05, 0.1) is 6.61 Å². The van der Waals surface area contributed by atoms with E-state index in [0.717, 1.165) is 12.1 Å². The summed E-state index contributed by atoms with van der Waals surface area (Å²) in [5.41, 5.74) is 11.7. The molecule has 0 spiro atoms. The molecule has 138 valence electrons. The molecule has 0 aliphatic carbocycles. The number of hydrogen-bond acceptors (Lipinski definition) is 5. The van der Waals surface area contributed by atoms with E-state index in [1.54, 1.807) is 24.3 Å². The van der Waals surface area contributed by atoms with Gasteiger partial charge in [-0.3, -0.25) is 10.2 Å². The molecule has 2 aromatic carbocycles. The second-order valence-electron chi connectivity index (χ2n) is 5.67. The molecule has 1 unspecified atom stereocenters. The number of nitrogens with two attached hydrogens (primary N) is 2. The fraction of sp³-hybridized carbons (Fsp3) is 0.222. The van der Waals surface area contributed by atoms with Crippen LogP contribution in [0.15, 0.2) is 36.4 Å². The number of rotatable bonds is 8. The second kappa shape index (κ2) is 8.19. The van der Waals surface area contributed by atoms with Crippen LogP contribution in [-0.4, -0.2) is 23.5 Å². The Morgan fingerprint density at radius 2 is 1.96 bits per heavy atom. The smallest absolute Gasteiger partial charge is 0.244 e. The Bertz CT molecular complexity index is 809. The van der Waals surface area contributed by atoms with Crippen LogP contribution in [0.5, 0.6) is 11.5 Å². The van der Waals surface area contributed by atoms with Crippen LogP contribution in [0.3, 0.4) is 0 Å². The largest absolute Gasteiger partial charge is 0.508 e. The Hall–Kier alpha value is -3.29. The predicted molar refractivity (Wildman–Crippen MR) is 96.9 cm³/mol. The van der Waals surface area contributed by atoms with E-state index in [1.807, 2.05) is 6.92 Å². The number of phenolic OH excluding ortho intramolecular Hbond substituents is 1. The number of primary amides is 1. The van der Waals surface area contributed by atoms with Crippen molar-refractivity contribution < 1.29 is 19.0 Å². The van der Waals surface area contributed by atoms with Crippen molar-refractivity contribution in [1.29, 1.82) is 5.41 Å². The third-order valence-corrected chi connectivity index (χ3v) is 3.62. The van der Waals surface area contributed by atoms with Gasteiger partial charge >= 0.3 is 0 Å². The van der Waals surface area contributed by atoms with Gasteiger partial charge in [0.15, 0.2) is 11.6 Å². The van der Waals surface area contributed by atoms with Gasteiger partial charge in [0.2, 0.25) is 5.91 Å². The normalized spacial score (nSPS) is 11.6. The first kappa shape index (κ1) is 19.0. The molecule has 0 aliphatic rings. The molecular formula is C18H21FN4O3. The van der Waals surface area contributed by atoms with Crippen molar-refractivity contribution in [2.45, 2.75) is 19.4 Å². The molecule has 0 bridgehead atoms. The number of amidine groups is 1. The first-order valence-electron chi connectivity index (χ1n) is 7.99. The predicted octanol–water partition coefficient (Wildman–Crippen LogP) is 2.24.